The third-order valence-electron chi connectivity index (χ3n) is 4.10. The number of fused-ring (bicyclic) bond motifs is 1. The molecule has 0 aromatic carbocycles. The highest BCUT2D eigenvalue weighted by Gasteiger charge is 2.35. The van der Waals surface area contributed by atoms with Crippen LogP contribution in [0, 0.1) is 5.92 Å². The summed E-state index contributed by atoms with van der Waals surface area (Å²) in [6.45, 7) is 2.47. The van der Waals surface area contributed by atoms with E-state index in [1.165, 1.54) is 8.61 Å². The number of hydrogen-bond acceptors (Lipinski definition) is 4. The number of piperidine rings is 1. The lowest BCUT2D eigenvalue weighted by Gasteiger charge is -2.36. The number of aliphatic hydroxyl groups excluding tert-OH is 1. The second-order valence-electron chi connectivity index (χ2n) is 5.43. The van der Waals surface area contributed by atoms with E-state index in [1.54, 1.807) is 6.20 Å². The number of aliphatic hydroxyl groups is 1. The zero-order valence-electron chi connectivity index (χ0n) is 11.3. The van der Waals surface area contributed by atoms with Gasteiger partial charge in [-0.1, -0.05) is 0 Å². The van der Waals surface area contributed by atoms with Gasteiger partial charge in [-0.15, -0.1) is 0 Å². The van der Waals surface area contributed by atoms with Gasteiger partial charge in [-0.25, -0.2) is 4.98 Å². The Morgan fingerprint density at radius 1 is 1.30 bits per heavy atom. The Hall–Kier alpha value is -0.960. The first-order valence-electron chi connectivity index (χ1n) is 6.97. The first-order valence-corrected chi connectivity index (χ1v) is 8.37. The predicted molar refractivity (Wildman–Crippen MR) is 72.9 cm³/mol. The second kappa shape index (κ2) is 5.44. The molecule has 7 nitrogen and oxygen atoms in total. The molecule has 1 aromatic rings. The van der Waals surface area contributed by atoms with Crippen molar-refractivity contribution in [1.29, 1.82) is 0 Å². The fourth-order valence-electron chi connectivity index (χ4n) is 2.90. The van der Waals surface area contributed by atoms with Gasteiger partial charge in [0.1, 0.15) is 5.82 Å². The lowest BCUT2D eigenvalue weighted by atomic mass is 10.0. The molecule has 0 aliphatic carbocycles. The number of imidazole rings is 1. The quantitative estimate of drug-likeness (QED) is 0.827. The van der Waals surface area contributed by atoms with Crippen molar-refractivity contribution in [3.8, 4) is 0 Å². The van der Waals surface area contributed by atoms with Crippen LogP contribution in [-0.4, -0.2) is 57.9 Å². The molecule has 0 spiro atoms. The zero-order valence-corrected chi connectivity index (χ0v) is 12.2. The summed E-state index contributed by atoms with van der Waals surface area (Å²) < 4.78 is 30.3. The summed E-state index contributed by atoms with van der Waals surface area (Å²) in [6, 6.07) is 0. The highest BCUT2D eigenvalue weighted by Crippen LogP contribution is 2.23. The second-order valence-corrected chi connectivity index (χ2v) is 7.36. The van der Waals surface area contributed by atoms with Gasteiger partial charge in [0.25, 0.3) is 10.2 Å². The van der Waals surface area contributed by atoms with Crippen LogP contribution in [0.5, 0.6) is 0 Å². The number of nitrogens with zero attached hydrogens (tertiary/aromatic N) is 4. The zero-order chi connectivity index (χ0) is 14.2. The summed E-state index contributed by atoms with van der Waals surface area (Å²) in [5, 5.41) is 9.24. The first-order chi connectivity index (χ1) is 9.61. The average Bonchev–Trinajstić information content (AvgIpc) is 2.94. The summed E-state index contributed by atoms with van der Waals surface area (Å²) >= 11 is 0. The van der Waals surface area contributed by atoms with Crippen molar-refractivity contribution < 1.29 is 13.5 Å². The van der Waals surface area contributed by atoms with E-state index in [1.807, 2.05) is 10.8 Å². The average molecular weight is 300 g/mol. The SMILES string of the molecule is O=S(=O)(N1CCn2ccnc2C1)N1CCCC(CO)C1. The maximum Gasteiger partial charge on any atom is 0.282 e. The van der Waals surface area contributed by atoms with Crippen LogP contribution in [0.25, 0.3) is 0 Å². The summed E-state index contributed by atoms with van der Waals surface area (Å²) in [5.74, 6) is 0.848. The van der Waals surface area contributed by atoms with Crippen molar-refractivity contribution in [3.63, 3.8) is 0 Å². The van der Waals surface area contributed by atoms with E-state index in [4.69, 9.17) is 0 Å². The third-order valence-corrected chi connectivity index (χ3v) is 6.05. The Balaban J connectivity index is 1.75. The van der Waals surface area contributed by atoms with Crippen LogP contribution in [0.4, 0.5) is 0 Å². The van der Waals surface area contributed by atoms with Gasteiger partial charge in [0.2, 0.25) is 0 Å². The third kappa shape index (κ3) is 2.48. The van der Waals surface area contributed by atoms with Crippen molar-refractivity contribution in [1.82, 2.24) is 18.2 Å². The van der Waals surface area contributed by atoms with Gasteiger partial charge < -0.3 is 9.67 Å². The monoisotopic (exact) mass is 300 g/mol. The van der Waals surface area contributed by atoms with Crippen LogP contribution in [-0.2, 0) is 23.3 Å². The molecule has 3 heterocycles. The predicted octanol–water partition coefficient (Wildman–Crippen LogP) is -0.352. The van der Waals surface area contributed by atoms with Gasteiger partial charge >= 0.3 is 0 Å². The Labute approximate surface area is 119 Å². The highest BCUT2D eigenvalue weighted by atomic mass is 32.2. The molecule has 1 aromatic heterocycles. The lowest BCUT2D eigenvalue weighted by molar-refractivity contribution is 0.159. The maximum atomic E-state index is 12.7. The number of aromatic nitrogens is 2. The van der Waals surface area contributed by atoms with Crippen LogP contribution in [0.15, 0.2) is 12.4 Å². The Kier molecular flexibility index (Phi) is 3.80. The largest absolute Gasteiger partial charge is 0.396 e. The van der Waals surface area contributed by atoms with Gasteiger partial charge in [0, 0.05) is 45.2 Å². The minimum absolute atomic E-state index is 0.0520. The van der Waals surface area contributed by atoms with Gasteiger partial charge in [0.15, 0.2) is 0 Å². The molecule has 0 saturated carbocycles. The molecule has 0 amide bonds. The van der Waals surface area contributed by atoms with Crippen molar-refractivity contribution in [2.45, 2.75) is 25.9 Å². The van der Waals surface area contributed by atoms with Crippen molar-refractivity contribution in [3.05, 3.63) is 18.2 Å². The molecule has 1 atom stereocenters. The normalized spacial score (nSPS) is 25.6. The molecule has 1 fully saturated rings. The molecule has 8 heteroatoms. The fourth-order valence-corrected chi connectivity index (χ4v) is 4.57. The molecule has 0 bridgehead atoms. The van der Waals surface area contributed by atoms with Crippen molar-refractivity contribution >= 4 is 10.2 Å². The standard InChI is InChI=1S/C12H20N4O3S/c17-10-11-2-1-4-15(8-11)20(18,19)16-7-6-14-5-3-13-12(14)9-16/h3,5,11,17H,1-2,4,6-10H2. The van der Waals surface area contributed by atoms with E-state index in [0.717, 1.165) is 18.7 Å². The number of hydrogen-bond donors (Lipinski definition) is 1. The smallest absolute Gasteiger partial charge is 0.282 e. The first kappa shape index (κ1) is 14.0. The van der Waals surface area contributed by atoms with E-state index in [0.29, 0.717) is 32.7 Å². The van der Waals surface area contributed by atoms with Gasteiger partial charge in [0.05, 0.1) is 6.54 Å². The molecule has 1 saturated heterocycles. The minimum atomic E-state index is -3.45. The molecule has 2 aliphatic rings. The van der Waals surface area contributed by atoms with Gasteiger partial charge in [-0.2, -0.15) is 17.0 Å². The van der Waals surface area contributed by atoms with E-state index >= 15 is 0 Å². The fraction of sp³-hybridized carbons (Fsp3) is 0.750. The Bertz CT molecular complexity index is 571. The van der Waals surface area contributed by atoms with E-state index in [-0.39, 0.29) is 12.5 Å². The Morgan fingerprint density at radius 3 is 2.95 bits per heavy atom. The van der Waals surface area contributed by atoms with E-state index in [9.17, 15) is 13.5 Å². The molecular formula is C12H20N4O3S. The van der Waals surface area contributed by atoms with Crippen molar-refractivity contribution in [2.75, 3.05) is 26.2 Å². The number of rotatable bonds is 3. The highest BCUT2D eigenvalue weighted by molar-refractivity contribution is 7.86. The topological polar surface area (TPSA) is 78.7 Å². The van der Waals surface area contributed by atoms with Gasteiger partial charge in [-0.05, 0) is 18.8 Å². The molecule has 112 valence electrons. The van der Waals surface area contributed by atoms with Crippen LogP contribution < -0.4 is 0 Å². The molecule has 3 rings (SSSR count). The van der Waals surface area contributed by atoms with Gasteiger partial charge in [-0.3, -0.25) is 0 Å². The molecule has 2 aliphatic heterocycles. The summed E-state index contributed by atoms with van der Waals surface area (Å²) in [5.41, 5.74) is 0. The van der Waals surface area contributed by atoms with E-state index < -0.39 is 10.2 Å². The Morgan fingerprint density at radius 2 is 2.15 bits per heavy atom. The molecule has 0 radical (unpaired) electrons. The minimum Gasteiger partial charge on any atom is -0.396 e. The van der Waals surface area contributed by atoms with Crippen LogP contribution in [0.3, 0.4) is 0 Å². The van der Waals surface area contributed by atoms with E-state index in [2.05, 4.69) is 4.98 Å². The summed E-state index contributed by atoms with van der Waals surface area (Å²) in [7, 11) is -3.45. The lowest BCUT2D eigenvalue weighted by Crippen LogP contribution is -2.50. The molecule has 1 N–H and O–H groups in total. The summed E-state index contributed by atoms with van der Waals surface area (Å²) in [4.78, 5) is 4.20. The molecule has 1 unspecified atom stereocenters. The van der Waals surface area contributed by atoms with Crippen molar-refractivity contribution in [2.24, 2.45) is 5.92 Å². The maximum absolute atomic E-state index is 12.7. The van der Waals surface area contributed by atoms with Crippen LogP contribution >= 0.6 is 0 Å². The van der Waals surface area contributed by atoms with Crippen LogP contribution in [0.2, 0.25) is 0 Å². The molecular weight excluding hydrogens is 280 g/mol. The summed E-state index contributed by atoms with van der Waals surface area (Å²) in [6.07, 6.45) is 5.29. The molecule has 20 heavy (non-hydrogen) atoms. The van der Waals surface area contributed by atoms with Crippen LogP contribution in [0.1, 0.15) is 18.7 Å².